The first-order valence-corrected chi connectivity index (χ1v) is 6.82. The third-order valence-corrected chi connectivity index (χ3v) is 3.88. The monoisotopic (exact) mass is 262 g/mol. The maximum atomic E-state index is 12.3. The summed E-state index contributed by atoms with van der Waals surface area (Å²) in [6.45, 7) is 4.40. The van der Waals surface area contributed by atoms with Crippen molar-refractivity contribution in [2.75, 3.05) is 13.1 Å². The molecule has 0 radical (unpaired) electrons. The molecule has 2 rings (SSSR count). The standard InChI is InChI=1S/C15H22N2O2/c1-15(5-7-16-8-6-15)14(19)17-10-12-3-2-4-13(9-12)11-18/h2-4,9,16,18H,5-8,10-11H2,1H3,(H,17,19). The molecule has 1 aromatic carbocycles. The maximum Gasteiger partial charge on any atom is 0.226 e. The van der Waals surface area contributed by atoms with E-state index in [1.165, 1.54) is 0 Å². The van der Waals surface area contributed by atoms with Gasteiger partial charge in [-0.25, -0.2) is 0 Å². The number of rotatable bonds is 4. The molecule has 4 heteroatoms. The van der Waals surface area contributed by atoms with Crippen LogP contribution in [0.25, 0.3) is 0 Å². The Labute approximate surface area is 114 Å². The maximum absolute atomic E-state index is 12.3. The van der Waals surface area contributed by atoms with Crippen molar-refractivity contribution in [1.29, 1.82) is 0 Å². The molecule has 0 saturated carbocycles. The lowest BCUT2D eigenvalue weighted by molar-refractivity contribution is -0.131. The van der Waals surface area contributed by atoms with Gasteiger partial charge in [0.15, 0.2) is 0 Å². The third-order valence-electron chi connectivity index (χ3n) is 3.88. The highest BCUT2D eigenvalue weighted by Crippen LogP contribution is 2.28. The summed E-state index contributed by atoms with van der Waals surface area (Å²) in [5.74, 6) is 0.128. The van der Waals surface area contributed by atoms with Crippen LogP contribution in [0.15, 0.2) is 24.3 Å². The van der Waals surface area contributed by atoms with E-state index >= 15 is 0 Å². The summed E-state index contributed by atoms with van der Waals surface area (Å²) in [5, 5.41) is 15.4. The first kappa shape index (κ1) is 14.0. The van der Waals surface area contributed by atoms with Gasteiger partial charge >= 0.3 is 0 Å². The molecule has 19 heavy (non-hydrogen) atoms. The quantitative estimate of drug-likeness (QED) is 0.763. The molecule has 1 fully saturated rings. The van der Waals surface area contributed by atoms with Gasteiger partial charge in [0, 0.05) is 12.0 Å². The van der Waals surface area contributed by atoms with Crippen LogP contribution in [0.5, 0.6) is 0 Å². The van der Waals surface area contributed by atoms with Crippen molar-refractivity contribution in [3.63, 3.8) is 0 Å². The van der Waals surface area contributed by atoms with E-state index in [-0.39, 0.29) is 17.9 Å². The van der Waals surface area contributed by atoms with Crippen LogP contribution in [0.1, 0.15) is 30.9 Å². The van der Waals surface area contributed by atoms with Gasteiger partial charge in [-0.3, -0.25) is 4.79 Å². The molecule has 1 heterocycles. The van der Waals surface area contributed by atoms with E-state index in [9.17, 15) is 4.79 Å². The molecule has 3 N–H and O–H groups in total. The zero-order valence-electron chi connectivity index (χ0n) is 11.4. The van der Waals surface area contributed by atoms with Crippen molar-refractivity contribution < 1.29 is 9.90 Å². The van der Waals surface area contributed by atoms with Crippen LogP contribution in [-0.4, -0.2) is 24.1 Å². The molecular weight excluding hydrogens is 240 g/mol. The Morgan fingerprint density at radius 2 is 2.05 bits per heavy atom. The molecule has 0 aliphatic carbocycles. The minimum Gasteiger partial charge on any atom is -0.392 e. The highest BCUT2D eigenvalue weighted by molar-refractivity contribution is 5.82. The first-order valence-electron chi connectivity index (χ1n) is 6.82. The van der Waals surface area contributed by atoms with E-state index in [1.54, 1.807) is 0 Å². The summed E-state index contributed by atoms with van der Waals surface area (Å²) in [6.07, 6.45) is 1.77. The summed E-state index contributed by atoms with van der Waals surface area (Å²) >= 11 is 0. The molecule has 0 atom stereocenters. The van der Waals surface area contributed by atoms with Crippen LogP contribution < -0.4 is 10.6 Å². The van der Waals surface area contributed by atoms with Gasteiger partial charge in [0.1, 0.15) is 0 Å². The zero-order chi connectivity index (χ0) is 13.7. The van der Waals surface area contributed by atoms with E-state index in [1.807, 2.05) is 31.2 Å². The van der Waals surface area contributed by atoms with Crippen molar-refractivity contribution >= 4 is 5.91 Å². The Morgan fingerprint density at radius 1 is 1.37 bits per heavy atom. The molecule has 0 unspecified atom stereocenters. The Hall–Kier alpha value is -1.39. The van der Waals surface area contributed by atoms with Gasteiger partial charge in [0.2, 0.25) is 5.91 Å². The van der Waals surface area contributed by atoms with Gasteiger partial charge in [-0.15, -0.1) is 0 Å². The van der Waals surface area contributed by atoms with Crippen molar-refractivity contribution in [1.82, 2.24) is 10.6 Å². The largest absolute Gasteiger partial charge is 0.392 e. The second kappa shape index (κ2) is 6.17. The number of hydrogen-bond acceptors (Lipinski definition) is 3. The Morgan fingerprint density at radius 3 is 2.74 bits per heavy atom. The topological polar surface area (TPSA) is 61.4 Å². The van der Waals surface area contributed by atoms with Crippen molar-refractivity contribution in [3.05, 3.63) is 35.4 Å². The van der Waals surface area contributed by atoms with Crippen molar-refractivity contribution in [2.45, 2.75) is 32.9 Å². The number of nitrogens with one attached hydrogen (secondary N) is 2. The van der Waals surface area contributed by atoms with E-state index in [0.717, 1.165) is 37.1 Å². The molecule has 104 valence electrons. The van der Waals surface area contributed by atoms with Crippen molar-refractivity contribution in [2.24, 2.45) is 5.41 Å². The molecule has 1 saturated heterocycles. The van der Waals surface area contributed by atoms with Gasteiger partial charge in [-0.05, 0) is 37.1 Å². The summed E-state index contributed by atoms with van der Waals surface area (Å²) in [5.41, 5.74) is 1.65. The van der Waals surface area contributed by atoms with Gasteiger partial charge in [0.05, 0.1) is 6.61 Å². The Balaban J connectivity index is 1.92. The van der Waals surface area contributed by atoms with Gasteiger partial charge < -0.3 is 15.7 Å². The Bertz CT molecular complexity index is 440. The predicted octanol–water partition coefficient (Wildman–Crippen LogP) is 1.18. The molecular formula is C15H22N2O2. The fourth-order valence-corrected chi connectivity index (χ4v) is 2.44. The van der Waals surface area contributed by atoms with Crippen LogP contribution in [0.4, 0.5) is 0 Å². The smallest absolute Gasteiger partial charge is 0.226 e. The van der Waals surface area contributed by atoms with Gasteiger partial charge in [0.25, 0.3) is 0 Å². The molecule has 1 aromatic rings. The van der Waals surface area contributed by atoms with Crippen LogP contribution in [-0.2, 0) is 17.9 Å². The zero-order valence-corrected chi connectivity index (χ0v) is 11.4. The molecule has 0 spiro atoms. The van der Waals surface area contributed by atoms with Crippen LogP contribution >= 0.6 is 0 Å². The van der Waals surface area contributed by atoms with E-state index in [4.69, 9.17) is 5.11 Å². The van der Waals surface area contributed by atoms with Crippen LogP contribution in [0.2, 0.25) is 0 Å². The third kappa shape index (κ3) is 3.55. The number of carbonyl (C=O) groups excluding carboxylic acids is 1. The Kier molecular flexibility index (Phi) is 4.56. The lowest BCUT2D eigenvalue weighted by Crippen LogP contribution is -2.45. The number of amides is 1. The minimum absolute atomic E-state index is 0.0329. The average molecular weight is 262 g/mol. The molecule has 4 nitrogen and oxygen atoms in total. The first-order chi connectivity index (χ1) is 9.14. The SMILES string of the molecule is CC1(C(=O)NCc2cccc(CO)c2)CCNCC1. The minimum atomic E-state index is -0.250. The normalized spacial score (nSPS) is 18.0. The summed E-state index contributed by atoms with van der Waals surface area (Å²) in [4.78, 5) is 12.3. The second-order valence-corrected chi connectivity index (χ2v) is 5.47. The number of carbonyl (C=O) groups is 1. The van der Waals surface area contributed by atoms with Gasteiger partial charge in [-0.1, -0.05) is 31.2 Å². The summed E-state index contributed by atoms with van der Waals surface area (Å²) in [7, 11) is 0. The number of aliphatic hydroxyl groups is 1. The van der Waals surface area contributed by atoms with Crippen LogP contribution in [0, 0.1) is 5.41 Å². The molecule has 1 aliphatic rings. The summed E-state index contributed by atoms with van der Waals surface area (Å²) < 4.78 is 0. The molecule has 0 bridgehead atoms. The number of piperidine rings is 1. The lowest BCUT2D eigenvalue weighted by Gasteiger charge is -2.32. The van der Waals surface area contributed by atoms with Crippen molar-refractivity contribution in [3.8, 4) is 0 Å². The second-order valence-electron chi connectivity index (χ2n) is 5.47. The number of hydrogen-bond donors (Lipinski definition) is 3. The lowest BCUT2D eigenvalue weighted by atomic mass is 9.80. The molecule has 1 aliphatic heterocycles. The molecule has 1 amide bonds. The fraction of sp³-hybridized carbons (Fsp3) is 0.533. The highest BCUT2D eigenvalue weighted by Gasteiger charge is 2.34. The summed E-state index contributed by atoms with van der Waals surface area (Å²) in [6, 6.07) is 7.66. The number of benzene rings is 1. The fourth-order valence-electron chi connectivity index (χ4n) is 2.44. The molecule has 0 aromatic heterocycles. The van der Waals surface area contributed by atoms with E-state index < -0.39 is 0 Å². The number of aliphatic hydroxyl groups excluding tert-OH is 1. The van der Waals surface area contributed by atoms with Gasteiger partial charge in [-0.2, -0.15) is 0 Å². The highest BCUT2D eigenvalue weighted by atomic mass is 16.3. The van der Waals surface area contributed by atoms with E-state index in [0.29, 0.717) is 6.54 Å². The van der Waals surface area contributed by atoms with E-state index in [2.05, 4.69) is 10.6 Å². The van der Waals surface area contributed by atoms with Crippen LogP contribution in [0.3, 0.4) is 0 Å². The predicted molar refractivity (Wildman–Crippen MR) is 74.4 cm³/mol. The average Bonchev–Trinajstić information content (AvgIpc) is 2.45.